The van der Waals surface area contributed by atoms with Gasteiger partial charge in [-0.25, -0.2) is 0 Å². The Morgan fingerprint density at radius 1 is 1.17 bits per heavy atom. The van der Waals surface area contributed by atoms with Crippen LogP contribution in [-0.4, -0.2) is 34.0 Å². The molecule has 0 unspecified atom stereocenters. The van der Waals surface area contributed by atoms with Gasteiger partial charge in [-0.05, 0) is 11.2 Å². The molecule has 1 N–H and O–H groups in total. The fourth-order valence-electron chi connectivity index (χ4n) is 1.36. The summed E-state index contributed by atoms with van der Waals surface area (Å²) >= 11 is 0. The van der Waals surface area contributed by atoms with E-state index < -0.39 is 10.1 Å². The minimum absolute atomic E-state index is 0.105. The lowest BCUT2D eigenvalue weighted by atomic mass is 10.1. The average Bonchev–Trinajstić information content (AvgIpc) is 2.37. The van der Waals surface area contributed by atoms with Gasteiger partial charge in [0.2, 0.25) is 0 Å². The molecule has 0 radical (unpaired) electrons. The largest absolute Gasteiger partial charge is 0.285 e. The molecular formula is C10H11N4O3S+. The number of hydrogen-bond donors (Lipinski definition) is 1. The van der Waals surface area contributed by atoms with Crippen LogP contribution in [0.4, 0.5) is 0 Å². The monoisotopic (exact) mass is 267 g/mol. The fourth-order valence-corrected chi connectivity index (χ4v) is 1.78. The molecule has 0 saturated heterocycles. The van der Waals surface area contributed by atoms with E-state index in [-0.39, 0.29) is 12.3 Å². The fraction of sp³-hybridized carbons (Fsp3) is 0.200. The van der Waals surface area contributed by atoms with Crippen molar-refractivity contribution in [2.24, 2.45) is 0 Å². The minimum Gasteiger partial charge on any atom is -0.285 e. The highest BCUT2D eigenvalue weighted by Crippen LogP contribution is 2.13. The van der Waals surface area contributed by atoms with Crippen molar-refractivity contribution in [2.75, 3.05) is 5.75 Å². The molecular weight excluding hydrogens is 256 g/mol. The summed E-state index contributed by atoms with van der Waals surface area (Å²) in [5.41, 5.74) is 1.73. The molecule has 18 heavy (non-hydrogen) atoms. The molecule has 0 aromatic carbocycles. The van der Waals surface area contributed by atoms with Crippen molar-refractivity contribution in [2.45, 2.75) is 6.54 Å². The van der Waals surface area contributed by atoms with Gasteiger partial charge in [-0.1, -0.05) is 4.68 Å². The molecule has 0 spiro atoms. The summed E-state index contributed by atoms with van der Waals surface area (Å²) in [4.78, 5) is 0. The van der Waals surface area contributed by atoms with Gasteiger partial charge in [0, 0.05) is 17.2 Å². The summed E-state index contributed by atoms with van der Waals surface area (Å²) in [6, 6.07) is 3.58. The first-order valence-corrected chi connectivity index (χ1v) is 6.73. The lowest BCUT2D eigenvalue weighted by Gasteiger charge is -1.98. The molecule has 8 heteroatoms. The van der Waals surface area contributed by atoms with Gasteiger partial charge in [-0.3, -0.25) is 4.55 Å². The second-order valence-corrected chi connectivity index (χ2v) is 5.17. The molecule has 0 saturated carbocycles. The van der Waals surface area contributed by atoms with Crippen LogP contribution in [0.5, 0.6) is 0 Å². The Hall–Kier alpha value is -1.93. The highest BCUT2D eigenvalue weighted by atomic mass is 32.2. The molecule has 7 nitrogen and oxygen atoms in total. The van der Waals surface area contributed by atoms with Crippen molar-refractivity contribution < 1.29 is 17.7 Å². The molecule has 0 atom stereocenters. The molecule has 2 rings (SSSR count). The Morgan fingerprint density at radius 2 is 1.94 bits per heavy atom. The van der Waals surface area contributed by atoms with E-state index in [4.69, 9.17) is 4.55 Å². The van der Waals surface area contributed by atoms with E-state index in [1.165, 1.54) is 4.68 Å². The zero-order chi connectivity index (χ0) is 13.0. The van der Waals surface area contributed by atoms with Gasteiger partial charge in [0.05, 0.1) is 12.4 Å². The van der Waals surface area contributed by atoms with Gasteiger partial charge in [0.15, 0.2) is 12.7 Å². The van der Waals surface area contributed by atoms with Gasteiger partial charge < -0.3 is 0 Å². The summed E-state index contributed by atoms with van der Waals surface area (Å²) in [7, 11) is -3.96. The van der Waals surface area contributed by atoms with Crippen LogP contribution < -0.4 is 4.68 Å². The molecule has 2 aromatic rings. The Bertz CT molecular complexity index is 613. The maximum absolute atomic E-state index is 10.6. The smallest absolute Gasteiger partial charge is 0.271 e. The van der Waals surface area contributed by atoms with Crippen molar-refractivity contribution in [1.29, 1.82) is 0 Å². The summed E-state index contributed by atoms with van der Waals surface area (Å²) in [5, 5.41) is 11.5. The molecule has 94 valence electrons. The van der Waals surface area contributed by atoms with Gasteiger partial charge >= 0.3 is 0 Å². The second-order valence-electron chi connectivity index (χ2n) is 3.60. The zero-order valence-electron chi connectivity index (χ0n) is 9.34. The van der Waals surface area contributed by atoms with Crippen molar-refractivity contribution in [3.8, 4) is 11.1 Å². The molecule has 0 aliphatic rings. The van der Waals surface area contributed by atoms with Crippen molar-refractivity contribution in [3.63, 3.8) is 0 Å². The minimum atomic E-state index is -3.96. The topological polar surface area (TPSA) is 96.9 Å². The number of nitrogens with zero attached hydrogens (tertiary/aromatic N) is 4. The van der Waals surface area contributed by atoms with Gasteiger partial charge in [-0.15, -0.1) is 0 Å². The highest BCUT2D eigenvalue weighted by Gasteiger charge is 2.11. The van der Waals surface area contributed by atoms with E-state index in [2.05, 4.69) is 15.3 Å². The number of aryl methyl sites for hydroxylation is 1. The summed E-state index contributed by atoms with van der Waals surface area (Å²) in [5.74, 6) is -0.360. The van der Waals surface area contributed by atoms with Gasteiger partial charge in [0.1, 0.15) is 11.9 Å². The third-order valence-corrected chi connectivity index (χ3v) is 2.97. The van der Waals surface area contributed by atoms with Gasteiger partial charge in [-0.2, -0.15) is 18.6 Å². The summed E-state index contributed by atoms with van der Waals surface area (Å²) in [6.45, 7) is 0.105. The van der Waals surface area contributed by atoms with Crippen LogP contribution >= 0.6 is 0 Å². The predicted octanol–water partition coefficient (Wildman–Crippen LogP) is -0.286. The Labute approximate surface area is 104 Å². The van der Waals surface area contributed by atoms with Crippen LogP contribution in [0.3, 0.4) is 0 Å². The number of hydrogen-bond acceptors (Lipinski definition) is 5. The average molecular weight is 267 g/mol. The van der Waals surface area contributed by atoms with E-state index in [1.807, 2.05) is 0 Å². The van der Waals surface area contributed by atoms with Crippen LogP contribution in [-0.2, 0) is 16.7 Å². The molecule has 2 heterocycles. The van der Waals surface area contributed by atoms with Crippen LogP contribution in [0.1, 0.15) is 0 Å². The maximum Gasteiger partial charge on any atom is 0.271 e. The molecule has 2 aromatic heterocycles. The Morgan fingerprint density at radius 3 is 2.50 bits per heavy atom. The molecule has 0 fully saturated rings. The Kier molecular flexibility index (Phi) is 3.58. The van der Waals surface area contributed by atoms with Crippen LogP contribution in [0.15, 0.2) is 36.9 Å². The normalized spacial score (nSPS) is 11.4. The summed E-state index contributed by atoms with van der Waals surface area (Å²) in [6.07, 6.45) is 6.43. The summed E-state index contributed by atoms with van der Waals surface area (Å²) < 4.78 is 31.2. The number of rotatable bonds is 4. The molecule has 0 bridgehead atoms. The first-order chi connectivity index (χ1) is 8.54. The van der Waals surface area contributed by atoms with Crippen LogP contribution in [0, 0.1) is 0 Å². The van der Waals surface area contributed by atoms with E-state index in [0.29, 0.717) is 0 Å². The van der Waals surface area contributed by atoms with E-state index in [9.17, 15) is 8.42 Å². The standard InChI is InChI=1S/C10H10N4O3S/c15-18(16,17)6-5-14-4-2-10(8-13-14)9-1-3-11-12-7-9/h1-4,7-8H,5-6H2/p+1. The molecule has 0 aliphatic heterocycles. The van der Waals surface area contributed by atoms with Crippen molar-refractivity contribution >= 4 is 10.1 Å². The van der Waals surface area contributed by atoms with Gasteiger partial charge in [0.25, 0.3) is 10.1 Å². The molecule has 0 aliphatic carbocycles. The van der Waals surface area contributed by atoms with E-state index >= 15 is 0 Å². The SMILES string of the molecule is O=S(=O)(O)CC[n+]1ccc(-c2ccnnc2)cn1. The molecule has 0 amide bonds. The third kappa shape index (κ3) is 3.54. The lowest BCUT2D eigenvalue weighted by molar-refractivity contribution is -0.750. The highest BCUT2D eigenvalue weighted by molar-refractivity contribution is 7.85. The van der Waals surface area contributed by atoms with E-state index in [1.54, 1.807) is 36.9 Å². The number of aromatic nitrogens is 4. The third-order valence-electron chi connectivity index (χ3n) is 2.27. The quantitative estimate of drug-likeness (QED) is 0.604. The van der Waals surface area contributed by atoms with Crippen LogP contribution in [0.25, 0.3) is 11.1 Å². The predicted molar refractivity (Wildman–Crippen MR) is 61.9 cm³/mol. The van der Waals surface area contributed by atoms with Crippen molar-refractivity contribution in [3.05, 3.63) is 36.9 Å². The van der Waals surface area contributed by atoms with Crippen molar-refractivity contribution in [1.82, 2.24) is 15.3 Å². The lowest BCUT2D eigenvalue weighted by Crippen LogP contribution is -2.40. The maximum atomic E-state index is 10.6. The van der Waals surface area contributed by atoms with E-state index in [0.717, 1.165) is 11.1 Å². The first kappa shape index (κ1) is 12.5. The van der Waals surface area contributed by atoms with Crippen LogP contribution in [0.2, 0.25) is 0 Å². The second kappa shape index (κ2) is 5.15. The zero-order valence-corrected chi connectivity index (χ0v) is 10.2. The Balaban J connectivity index is 2.11. The first-order valence-electron chi connectivity index (χ1n) is 5.12.